The van der Waals surface area contributed by atoms with Gasteiger partial charge in [-0.1, -0.05) is 31.5 Å². The molecule has 0 unspecified atom stereocenters. The molecular formula is C15H16O2. The minimum atomic E-state index is -0.0453. The van der Waals surface area contributed by atoms with E-state index in [4.69, 9.17) is 4.42 Å². The summed E-state index contributed by atoms with van der Waals surface area (Å²) in [5.41, 5.74) is 1.90. The van der Waals surface area contributed by atoms with E-state index in [1.807, 2.05) is 37.3 Å². The smallest absolute Gasteiger partial charge is 0.228 e. The summed E-state index contributed by atoms with van der Waals surface area (Å²) in [6.07, 6.45) is 2.08. The molecule has 0 N–H and O–H groups in total. The SMILES string of the molecule is CCCc1cccc(C(=O)c2ccc(C)o2)c1. The molecule has 0 bridgehead atoms. The van der Waals surface area contributed by atoms with Crippen LogP contribution in [0.25, 0.3) is 0 Å². The van der Waals surface area contributed by atoms with Crippen LogP contribution in [0.3, 0.4) is 0 Å². The van der Waals surface area contributed by atoms with Gasteiger partial charge >= 0.3 is 0 Å². The number of rotatable bonds is 4. The van der Waals surface area contributed by atoms with Gasteiger partial charge in [0, 0.05) is 5.56 Å². The van der Waals surface area contributed by atoms with Crippen molar-refractivity contribution in [2.45, 2.75) is 26.7 Å². The molecule has 0 fully saturated rings. The normalized spacial score (nSPS) is 10.5. The van der Waals surface area contributed by atoms with Crippen LogP contribution >= 0.6 is 0 Å². The molecule has 0 amide bonds. The third-order valence-electron chi connectivity index (χ3n) is 2.69. The Labute approximate surface area is 101 Å². The van der Waals surface area contributed by atoms with E-state index in [0.29, 0.717) is 11.3 Å². The minimum absolute atomic E-state index is 0.0453. The third-order valence-corrected chi connectivity index (χ3v) is 2.69. The van der Waals surface area contributed by atoms with Crippen molar-refractivity contribution in [3.05, 3.63) is 59.0 Å². The number of carbonyl (C=O) groups is 1. The lowest BCUT2D eigenvalue weighted by Crippen LogP contribution is -2.00. The number of ketones is 1. The first-order valence-corrected chi connectivity index (χ1v) is 5.91. The Morgan fingerprint density at radius 2 is 2.06 bits per heavy atom. The summed E-state index contributed by atoms with van der Waals surface area (Å²) in [4.78, 5) is 12.1. The van der Waals surface area contributed by atoms with Crippen molar-refractivity contribution in [1.29, 1.82) is 0 Å². The topological polar surface area (TPSA) is 30.2 Å². The molecule has 0 saturated heterocycles. The molecule has 0 aliphatic heterocycles. The molecular weight excluding hydrogens is 212 g/mol. The van der Waals surface area contributed by atoms with Crippen LogP contribution in [0, 0.1) is 6.92 Å². The van der Waals surface area contributed by atoms with Gasteiger partial charge in [-0.05, 0) is 37.1 Å². The van der Waals surface area contributed by atoms with Crippen LogP contribution in [-0.4, -0.2) is 5.78 Å². The predicted octanol–water partition coefficient (Wildman–Crippen LogP) is 3.77. The highest BCUT2D eigenvalue weighted by atomic mass is 16.3. The van der Waals surface area contributed by atoms with Gasteiger partial charge in [0.15, 0.2) is 5.76 Å². The van der Waals surface area contributed by atoms with Crippen LogP contribution in [-0.2, 0) is 6.42 Å². The fraction of sp³-hybridized carbons (Fsp3) is 0.267. The van der Waals surface area contributed by atoms with Crippen LogP contribution in [0.4, 0.5) is 0 Å². The number of furan rings is 1. The standard InChI is InChI=1S/C15H16O2/c1-3-5-12-6-4-7-13(10-12)15(16)14-9-8-11(2)17-14/h4,6-10H,3,5H2,1-2H3. The van der Waals surface area contributed by atoms with Crippen molar-refractivity contribution in [3.63, 3.8) is 0 Å². The maximum atomic E-state index is 12.1. The quantitative estimate of drug-likeness (QED) is 0.745. The van der Waals surface area contributed by atoms with Gasteiger partial charge in [0.05, 0.1) is 0 Å². The molecule has 1 heterocycles. The Morgan fingerprint density at radius 3 is 2.71 bits per heavy atom. The van der Waals surface area contributed by atoms with Crippen LogP contribution in [0.1, 0.15) is 40.8 Å². The second kappa shape index (κ2) is 5.00. The molecule has 0 atom stereocenters. The van der Waals surface area contributed by atoms with Gasteiger partial charge in [-0.2, -0.15) is 0 Å². The van der Waals surface area contributed by atoms with Gasteiger partial charge in [-0.3, -0.25) is 4.79 Å². The number of hydrogen-bond acceptors (Lipinski definition) is 2. The summed E-state index contributed by atoms with van der Waals surface area (Å²) in [5.74, 6) is 1.13. The molecule has 0 radical (unpaired) electrons. The molecule has 0 saturated carbocycles. The average molecular weight is 228 g/mol. The van der Waals surface area contributed by atoms with Crippen LogP contribution in [0.2, 0.25) is 0 Å². The second-order valence-electron chi connectivity index (χ2n) is 4.19. The van der Waals surface area contributed by atoms with E-state index >= 15 is 0 Å². The van der Waals surface area contributed by atoms with Crippen LogP contribution in [0.15, 0.2) is 40.8 Å². The number of benzene rings is 1. The predicted molar refractivity (Wildman–Crippen MR) is 67.3 cm³/mol. The van der Waals surface area contributed by atoms with Gasteiger partial charge < -0.3 is 4.42 Å². The van der Waals surface area contributed by atoms with E-state index in [1.54, 1.807) is 6.07 Å². The molecule has 17 heavy (non-hydrogen) atoms. The Morgan fingerprint density at radius 1 is 1.24 bits per heavy atom. The van der Waals surface area contributed by atoms with Crippen molar-refractivity contribution >= 4 is 5.78 Å². The lowest BCUT2D eigenvalue weighted by atomic mass is 10.0. The number of hydrogen-bond donors (Lipinski definition) is 0. The van der Waals surface area contributed by atoms with E-state index in [-0.39, 0.29) is 5.78 Å². The van der Waals surface area contributed by atoms with Gasteiger partial charge in [0.1, 0.15) is 5.76 Å². The fourth-order valence-electron chi connectivity index (χ4n) is 1.86. The zero-order chi connectivity index (χ0) is 12.3. The zero-order valence-electron chi connectivity index (χ0n) is 10.2. The summed E-state index contributed by atoms with van der Waals surface area (Å²) < 4.78 is 5.35. The largest absolute Gasteiger partial charge is 0.458 e. The van der Waals surface area contributed by atoms with E-state index in [9.17, 15) is 4.79 Å². The van der Waals surface area contributed by atoms with Crippen LogP contribution < -0.4 is 0 Å². The molecule has 1 aromatic carbocycles. The molecule has 2 nitrogen and oxygen atoms in total. The highest BCUT2D eigenvalue weighted by Gasteiger charge is 2.12. The first-order valence-electron chi connectivity index (χ1n) is 5.91. The molecule has 2 heteroatoms. The summed E-state index contributed by atoms with van der Waals surface area (Å²) in [7, 11) is 0. The average Bonchev–Trinajstić information content (AvgIpc) is 2.76. The Kier molecular flexibility index (Phi) is 3.43. The van der Waals surface area contributed by atoms with Crippen molar-refractivity contribution in [2.24, 2.45) is 0 Å². The Bertz CT molecular complexity index is 523. The Hall–Kier alpha value is -1.83. The molecule has 2 aromatic rings. The van der Waals surface area contributed by atoms with Gasteiger partial charge in [0.2, 0.25) is 5.78 Å². The summed E-state index contributed by atoms with van der Waals surface area (Å²) in [6, 6.07) is 11.3. The zero-order valence-corrected chi connectivity index (χ0v) is 10.2. The summed E-state index contributed by atoms with van der Waals surface area (Å²) in [5, 5.41) is 0. The maximum Gasteiger partial charge on any atom is 0.228 e. The molecule has 0 aliphatic carbocycles. The van der Waals surface area contributed by atoms with Crippen molar-refractivity contribution in [2.75, 3.05) is 0 Å². The van der Waals surface area contributed by atoms with E-state index in [1.165, 1.54) is 5.56 Å². The maximum absolute atomic E-state index is 12.1. The minimum Gasteiger partial charge on any atom is -0.458 e. The lowest BCUT2D eigenvalue weighted by molar-refractivity contribution is 0.101. The number of aryl methyl sites for hydroxylation is 2. The molecule has 0 spiro atoms. The summed E-state index contributed by atoms with van der Waals surface area (Å²) in [6.45, 7) is 3.97. The van der Waals surface area contributed by atoms with E-state index < -0.39 is 0 Å². The lowest BCUT2D eigenvalue weighted by Gasteiger charge is -2.02. The first kappa shape index (κ1) is 11.6. The fourth-order valence-corrected chi connectivity index (χ4v) is 1.86. The highest BCUT2D eigenvalue weighted by Crippen LogP contribution is 2.15. The molecule has 1 aromatic heterocycles. The van der Waals surface area contributed by atoms with Gasteiger partial charge in [0.25, 0.3) is 0 Å². The Balaban J connectivity index is 2.27. The van der Waals surface area contributed by atoms with Crippen molar-refractivity contribution in [3.8, 4) is 0 Å². The van der Waals surface area contributed by atoms with E-state index in [2.05, 4.69) is 6.92 Å². The first-order chi connectivity index (χ1) is 8.20. The molecule has 2 rings (SSSR count). The van der Waals surface area contributed by atoms with Crippen molar-refractivity contribution < 1.29 is 9.21 Å². The van der Waals surface area contributed by atoms with Crippen LogP contribution in [0.5, 0.6) is 0 Å². The molecule has 88 valence electrons. The summed E-state index contributed by atoms with van der Waals surface area (Å²) >= 11 is 0. The van der Waals surface area contributed by atoms with E-state index in [0.717, 1.165) is 18.6 Å². The third kappa shape index (κ3) is 2.64. The van der Waals surface area contributed by atoms with Gasteiger partial charge in [-0.15, -0.1) is 0 Å². The number of carbonyl (C=O) groups excluding carboxylic acids is 1. The van der Waals surface area contributed by atoms with Crippen molar-refractivity contribution in [1.82, 2.24) is 0 Å². The monoisotopic (exact) mass is 228 g/mol. The van der Waals surface area contributed by atoms with Gasteiger partial charge in [-0.25, -0.2) is 0 Å². The highest BCUT2D eigenvalue weighted by molar-refractivity contribution is 6.07. The molecule has 0 aliphatic rings. The second-order valence-corrected chi connectivity index (χ2v) is 4.19.